The molecule has 2 aromatic rings. The fourth-order valence-corrected chi connectivity index (χ4v) is 2.17. The Labute approximate surface area is 105 Å². The van der Waals surface area contributed by atoms with Crippen LogP contribution in [0.25, 0.3) is 12.2 Å². The normalized spacial score (nSPS) is 13.1. The van der Waals surface area contributed by atoms with Crippen LogP contribution in [0.2, 0.25) is 0 Å². The fourth-order valence-electron chi connectivity index (χ4n) is 2.17. The smallest absolute Gasteiger partial charge is 0.211 e. The standard InChI is InChI=1S/C16H13NO/c18-16(12-6-2-1-3-7-12)15-10-13-8-4-5-9-14(13)11-17-15/h1-3,6-11H,4-5H2. The van der Waals surface area contributed by atoms with Crippen LogP contribution in [0.4, 0.5) is 0 Å². The highest BCUT2D eigenvalue weighted by molar-refractivity contribution is 6.07. The average molecular weight is 235 g/mol. The van der Waals surface area contributed by atoms with E-state index in [1.165, 1.54) is 0 Å². The predicted molar refractivity (Wildman–Crippen MR) is 71.5 cm³/mol. The highest BCUT2D eigenvalue weighted by Crippen LogP contribution is 2.05. The molecule has 88 valence electrons. The van der Waals surface area contributed by atoms with Crippen LogP contribution in [0, 0.1) is 0 Å². The summed E-state index contributed by atoms with van der Waals surface area (Å²) in [5.74, 6) is -0.0163. The summed E-state index contributed by atoms with van der Waals surface area (Å²) in [5, 5.41) is 2.25. The maximum absolute atomic E-state index is 12.2. The Kier molecular flexibility index (Phi) is 2.77. The van der Waals surface area contributed by atoms with Crippen LogP contribution >= 0.6 is 0 Å². The summed E-state index contributed by atoms with van der Waals surface area (Å²) in [6.45, 7) is 0. The van der Waals surface area contributed by atoms with E-state index in [1.54, 1.807) is 6.20 Å². The second-order valence-electron chi connectivity index (χ2n) is 4.38. The molecule has 2 heteroatoms. The first-order valence-corrected chi connectivity index (χ1v) is 6.11. The van der Waals surface area contributed by atoms with E-state index in [2.05, 4.69) is 17.1 Å². The number of benzene rings is 1. The van der Waals surface area contributed by atoms with Crippen molar-refractivity contribution in [2.24, 2.45) is 0 Å². The lowest BCUT2D eigenvalue weighted by atomic mass is 10.0. The van der Waals surface area contributed by atoms with Gasteiger partial charge in [0, 0.05) is 11.8 Å². The van der Waals surface area contributed by atoms with Crippen LogP contribution in [-0.4, -0.2) is 10.8 Å². The number of pyridine rings is 1. The van der Waals surface area contributed by atoms with E-state index in [9.17, 15) is 4.79 Å². The van der Waals surface area contributed by atoms with Crippen LogP contribution in [-0.2, 0) is 0 Å². The largest absolute Gasteiger partial charge is 0.287 e. The number of hydrogen-bond donors (Lipinski definition) is 0. The van der Waals surface area contributed by atoms with Crippen LogP contribution in [0.15, 0.2) is 42.6 Å². The second kappa shape index (κ2) is 4.57. The summed E-state index contributed by atoms with van der Waals surface area (Å²) < 4.78 is 0. The summed E-state index contributed by atoms with van der Waals surface area (Å²) in [4.78, 5) is 16.5. The number of carbonyl (C=O) groups is 1. The number of ketones is 1. The van der Waals surface area contributed by atoms with Gasteiger partial charge in [-0.1, -0.05) is 42.5 Å². The van der Waals surface area contributed by atoms with E-state index < -0.39 is 0 Å². The summed E-state index contributed by atoms with van der Waals surface area (Å²) in [7, 11) is 0. The van der Waals surface area contributed by atoms with Crippen molar-refractivity contribution in [1.82, 2.24) is 4.98 Å². The Bertz CT molecular complexity index is 702. The molecule has 0 radical (unpaired) electrons. The van der Waals surface area contributed by atoms with Gasteiger partial charge in [-0.3, -0.25) is 9.78 Å². The fraction of sp³-hybridized carbons (Fsp3) is 0.125. The first kappa shape index (κ1) is 10.9. The molecule has 0 N–H and O–H groups in total. The van der Waals surface area contributed by atoms with Crippen molar-refractivity contribution in [3.63, 3.8) is 0 Å². The monoisotopic (exact) mass is 235 g/mol. The van der Waals surface area contributed by atoms with Gasteiger partial charge in [0.2, 0.25) is 5.78 Å². The maximum atomic E-state index is 12.2. The molecule has 0 saturated carbocycles. The van der Waals surface area contributed by atoms with Gasteiger partial charge in [0.1, 0.15) is 5.69 Å². The van der Waals surface area contributed by atoms with Gasteiger partial charge in [0.05, 0.1) is 0 Å². The Morgan fingerprint density at radius 1 is 1.00 bits per heavy atom. The van der Waals surface area contributed by atoms with Crippen molar-refractivity contribution in [2.75, 3.05) is 0 Å². The molecule has 0 unspecified atom stereocenters. The Balaban J connectivity index is 2.07. The van der Waals surface area contributed by atoms with Gasteiger partial charge < -0.3 is 0 Å². The van der Waals surface area contributed by atoms with Gasteiger partial charge in [-0.2, -0.15) is 0 Å². The summed E-state index contributed by atoms with van der Waals surface area (Å²) >= 11 is 0. The summed E-state index contributed by atoms with van der Waals surface area (Å²) in [6, 6.07) is 11.2. The first-order chi connectivity index (χ1) is 8.84. The molecule has 1 aliphatic rings. The molecular formula is C16H13NO. The molecular weight excluding hydrogens is 222 g/mol. The third kappa shape index (κ3) is 1.97. The molecule has 0 saturated heterocycles. The number of rotatable bonds is 2. The van der Waals surface area contributed by atoms with E-state index in [0.717, 1.165) is 23.3 Å². The number of carbonyl (C=O) groups excluding carboxylic acids is 1. The van der Waals surface area contributed by atoms with Crippen molar-refractivity contribution in [2.45, 2.75) is 12.8 Å². The van der Waals surface area contributed by atoms with Gasteiger partial charge in [0.25, 0.3) is 0 Å². The van der Waals surface area contributed by atoms with Gasteiger partial charge in [0.15, 0.2) is 0 Å². The minimum absolute atomic E-state index is 0.0163. The van der Waals surface area contributed by atoms with E-state index in [0.29, 0.717) is 11.3 Å². The minimum Gasteiger partial charge on any atom is -0.287 e. The van der Waals surface area contributed by atoms with Crippen molar-refractivity contribution in [3.8, 4) is 0 Å². The zero-order valence-corrected chi connectivity index (χ0v) is 9.97. The van der Waals surface area contributed by atoms with Crippen molar-refractivity contribution in [3.05, 3.63) is 64.3 Å². The molecule has 0 atom stereocenters. The van der Waals surface area contributed by atoms with Crippen LogP contribution in [0.3, 0.4) is 0 Å². The minimum atomic E-state index is -0.0163. The third-order valence-corrected chi connectivity index (χ3v) is 3.13. The van der Waals surface area contributed by atoms with Crippen molar-refractivity contribution >= 4 is 17.9 Å². The molecule has 3 rings (SSSR count). The van der Waals surface area contributed by atoms with E-state index in [4.69, 9.17) is 0 Å². The van der Waals surface area contributed by atoms with Crippen LogP contribution in [0.5, 0.6) is 0 Å². The molecule has 1 heterocycles. The molecule has 2 nitrogen and oxygen atoms in total. The van der Waals surface area contributed by atoms with Gasteiger partial charge in [-0.25, -0.2) is 0 Å². The summed E-state index contributed by atoms with van der Waals surface area (Å²) in [6.07, 6.45) is 8.22. The lowest BCUT2D eigenvalue weighted by Crippen LogP contribution is -2.29. The van der Waals surface area contributed by atoms with Crippen LogP contribution in [0.1, 0.15) is 28.9 Å². The Morgan fingerprint density at radius 2 is 1.72 bits per heavy atom. The number of fused-ring (bicyclic) bond motifs is 1. The lowest BCUT2D eigenvalue weighted by molar-refractivity contribution is 0.103. The van der Waals surface area contributed by atoms with E-state index in [1.807, 2.05) is 36.4 Å². The molecule has 1 aromatic heterocycles. The quantitative estimate of drug-likeness (QED) is 0.741. The molecule has 0 spiro atoms. The average Bonchev–Trinajstić information content (AvgIpc) is 2.47. The number of aromatic nitrogens is 1. The molecule has 1 aliphatic carbocycles. The molecule has 0 amide bonds. The van der Waals surface area contributed by atoms with Gasteiger partial charge in [-0.15, -0.1) is 0 Å². The van der Waals surface area contributed by atoms with Crippen molar-refractivity contribution in [1.29, 1.82) is 0 Å². The van der Waals surface area contributed by atoms with E-state index >= 15 is 0 Å². The Hall–Kier alpha value is -2.22. The first-order valence-electron chi connectivity index (χ1n) is 6.11. The molecule has 18 heavy (non-hydrogen) atoms. The van der Waals surface area contributed by atoms with Crippen molar-refractivity contribution < 1.29 is 4.79 Å². The summed E-state index contributed by atoms with van der Waals surface area (Å²) in [5.41, 5.74) is 1.20. The zero-order valence-electron chi connectivity index (χ0n) is 9.97. The number of nitrogens with zero attached hydrogens (tertiary/aromatic N) is 1. The predicted octanol–water partition coefficient (Wildman–Crippen LogP) is 1.67. The SMILES string of the molecule is O=C(c1ccccc1)c1cc2c(cn1)=CCCC=2. The molecule has 0 fully saturated rings. The second-order valence-corrected chi connectivity index (χ2v) is 4.38. The van der Waals surface area contributed by atoms with E-state index in [-0.39, 0.29) is 5.78 Å². The Morgan fingerprint density at radius 3 is 2.50 bits per heavy atom. The molecule has 0 bridgehead atoms. The number of hydrogen-bond acceptors (Lipinski definition) is 2. The lowest BCUT2D eigenvalue weighted by Gasteiger charge is -2.03. The van der Waals surface area contributed by atoms with Crippen LogP contribution < -0.4 is 10.4 Å². The zero-order chi connectivity index (χ0) is 12.4. The highest BCUT2D eigenvalue weighted by Gasteiger charge is 2.10. The molecule has 1 aromatic carbocycles. The highest BCUT2D eigenvalue weighted by atomic mass is 16.1. The molecule has 0 aliphatic heterocycles. The van der Waals surface area contributed by atoms with Gasteiger partial charge >= 0.3 is 0 Å². The maximum Gasteiger partial charge on any atom is 0.211 e. The third-order valence-electron chi connectivity index (χ3n) is 3.13. The topological polar surface area (TPSA) is 30.0 Å². The van der Waals surface area contributed by atoms with Gasteiger partial charge in [-0.05, 0) is 29.3 Å².